The number of carbonyl (C=O) groups excluding carboxylic acids is 1. The van der Waals surface area contributed by atoms with E-state index in [9.17, 15) is 19.5 Å². The monoisotopic (exact) mass is 304 g/mol. The van der Waals surface area contributed by atoms with Gasteiger partial charge in [0.1, 0.15) is 11.1 Å². The number of hydrogen-bond acceptors (Lipinski definition) is 3. The molecule has 2 aliphatic rings. The Labute approximate surface area is 128 Å². The molecule has 0 aromatic carbocycles. The van der Waals surface area contributed by atoms with Crippen LogP contribution < -0.4 is 5.56 Å². The van der Waals surface area contributed by atoms with E-state index in [1.165, 1.54) is 4.90 Å². The Morgan fingerprint density at radius 1 is 1.27 bits per heavy atom. The minimum Gasteiger partial charge on any atom is -0.480 e. The van der Waals surface area contributed by atoms with Crippen molar-refractivity contribution in [3.05, 3.63) is 33.2 Å². The number of aromatic nitrogens is 1. The van der Waals surface area contributed by atoms with Crippen LogP contribution in [0.15, 0.2) is 10.9 Å². The number of nitrogens with one attached hydrogen (secondary N) is 1. The number of fused-ring (bicyclic) bond motifs is 1. The van der Waals surface area contributed by atoms with E-state index in [1.807, 2.05) is 0 Å². The zero-order valence-corrected chi connectivity index (χ0v) is 12.6. The molecule has 1 aromatic heterocycles. The smallest absolute Gasteiger partial charge is 0.329 e. The lowest BCUT2D eigenvalue weighted by Gasteiger charge is -2.31. The quantitative estimate of drug-likeness (QED) is 0.862. The second-order valence-corrected chi connectivity index (χ2v) is 6.36. The van der Waals surface area contributed by atoms with Crippen LogP contribution in [0.4, 0.5) is 0 Å². The summed E-state index contributed by atoms with van der Waals surface area (Å²) in [5, 5.41) is 9.42. The van der Waals surface area contributed by atoms with E-state index in [0.29, 0.717) is 19.4 Å². The molecule has 6 nitrogen and oxygen atoms in total. The molecule has 0 radical (unpaired) electrons. The number of H-pyrrole nitrogens is 1. The van der Waals surface area contributed by atoms with Crippen LogP contribution >= 0.6 is 0 Å². The Balaban J connectivity index is 1.99. The van der Waals surface area contributed by atoms with E-state index in [1.54, 1.807) is 13.0 Å². The predicted molar refractivity (Wildman–Crippen MR) is 80.0 cm³/mol. The van der Waals surface area contributed by atoms with Crippen molar-refractivity contribution in [2.24, 2.45) is 0 Å². The highest BCUT2D eigenvalue weighted by Crippen LogP contribution is 2.30. The molecule has 2 heterocycles. The van der Waals surface area contributed by atoms with E-state index >= 15 is 0 Å². The first-order valence-corrected chi connectivity index (χ1v) is 7.74. The number of rotatable bonds is 2. The fourth-order valence-corrected chi connectivity index (χ4v) is 3.49. The first kappa shape index (κ1) is 14.8. The van der Waals surface area contributed by atoms with Crippen LogP contribution in [-0.4, -0.2) is 39.0 Å². The van der Waals surface area contributed by atoms with Gasteiger partial charge in [-0.1, -0.05) is 0 Å². The number of carbonyl (C=O) groups is 2. The number of nitrogens with zero attached hydrogens (tertiary/aromatic N) is 1. The fraction of sp³-hybridized carbons (Fsp3) is 0.562. The number of aliphatic carboxylic acids is 1. The number of pyridine rings is 1. The standard InChI is InChI=1S/C16H20N2O4/c1-16(15(21)22)7-4-8-18(16)14(20)11-9-10-5-2-3-6-12(10)17-13(11)19/h9H,2-8H2,1H3,(H,17,19)(H,21,22). The highest BCUT2D eigenvalue weighted by Gasteiger charge is 2.46. The molecule has 2 N–H and O–H groups in total. The maximum absolute atomic E-state index is 12.7. The average molecular weight is 304 g/mol. The van der Waals surface area contributed by atoms with Crippen LogP contribution in [0.2, 0.25) is 0 Å². The third kappa shape index (κ3) is 2.23. The van der Waals surface area contributed by atoms with Crippen molar-refractivity contribution in [1.82, 2.24) is 9.88 Å². The Morgan fingerprint density at radius 3 is 2.73 bits per heavy atom. The lowest BCUT2D eigenvalue weighted by atomic mass is 9.94. The van der Waals surface area contributed by atoms with Gasteiger partial charge in [0.2, 0.25) is 0 Å². The molecular weight excluding hydrogens is 284 g/mol. The Hall–Kier alpha value is -2.11. The molecule has 0 saturated carbocycles. The SMILES string of the molecule is CC1(C(=O)O)CCCN1C(=O)c1cc2c([nH]c1=O)CCCC2. The van der Waals surface area contributed by atoms with Gasteiger partial charge in [0.05, 0.1) is 0 Å². The van der Waals surface area contributed by atoms with Crippen molar-refractivity contribution in [1.29, 1.82) is 0 Å². The summed E-state index contributed by atoms with van der Waals surface area (Å²) in [5.41, 5.74) is 0.348. The summed E-state index contributed by atoms with van der Waals surface area (Å²) in [7, 11) is 0. The van der Waals surface area contributed by atoms with E-state index in [2.05, 4.69) is 4.98 Å². The second kappa shape index (κ2) is 5.26. The molecule has 3 rings (SSSR count). The highest BCUT2D eigenvalue weighted by molar-refractivity contribution is 5.98. The van der Waals surface area contributed by atoms with Gasteiger partial charge < -0.3 is 15.0 Å². The summed E-state index contributed by atoms with van der Waals surface area (Å²) in [6, 6.07) is 1.66. The van der Waals surface area contributed by atoms with Gasteiger partial charge in [-0.25, -0.2) is 4.79 Å². The van der Waals surface area contributed by atoms with Crippen molar-refractivity contribution in [2.75, 3.05) is 6.54 Å². The minimum absolute atomic E-state index is 0.0648. The predicted octanol–water partition coefficient (Wildman–Crippen LogP) is 1.33. The summed E-state index contributed by atoms with van der Waals surface area (Å²) in [6.07, 6.45) is 4.81. The molecule has 1 fully saturated rings. The van der Waals surface area contributed by atoms with E-state index < -0.39 is 23.0 Å². The molecule has 0 spiro atoms. The maximum atomic E-state index is 12.7. The minimum atomic E-state index is -1.22. The first-order chi connectivity index (χ1) is 10.4. The number of hydrogen-bond donors (Lipinski definition) is 2. The van der Waals surface area contributed by atoms with Crippen LogP contribution in [0.25, 0.3) is 0 Å². The van der Waals surface area contributed by atoms with Gasteiger partial charge >= 0.3 is 5.97 Å². The maximum Gasteiger partial charge on any atom is 0.329 e. The molecule has 118 valence electrons. The van der Waals surface area contributed by atoms with Crippen LogP contribution in [0.5, 0.6) is 0 Å². The molecule has 22 heavy (non-hydrogen) atoms. The lowest BCUT2D eigenvalue weighted by Crippen LogP contribution is -2.51. The van der Waals surface area contributed by atoms with Gasteiger partial charge in [-0.2, -0.15) is 0 Å². The Bertz CT molecular complexity index is 694. The second-order valence-electron chi connectivity index (χ2n) is 6.36. The van der Waals surface area contributed by atoms with Gasteiger partial charge in [0, 0.05) is 12.2 Å². The van der Waals surface area contributed by atoms with Crippen LogP contribution in [0.3, 0.4) is 0 Å². The summed E-state index contributed by atoms with van der Waals surface area (Å²) >= 11 is 0. The molecular formula is C16H20N2O4. The van der Waals surface area contributed by atoms with E-state index in [4.69, 9.17) is 0 Å². The molecule has 1 amide bonds. The zero-order valence-electron chi connectivity index (χ0n) is 12.6. The van der Waals surface area contributed by atoms with Gasteiger partial charge in [0.15, 0.2) is 0 Å². The Kier molecular flexibility index (Phi) is 3.54. The van der Waals surface area contributed by atoms with Crippen LogP contribution in [0.1, 0.15) is 54.2 Å². The Morgan fingerprint density at radius 2 is 2.00 bits per heavy atom. The summed E-state index contributed by atoms with van der Waals surface area (Å²) < 4.78 is 0. The van der Waals surface area contributed by atoms with Crippen molar-refractivity contribution in [2.45, 2.75) is 51.0 Å². The average Bonchev–Trinajstić information content (AvgIpc) is 2.89. The van der Waals surface area contributed by atoms with Crippen LogP contribution in [-0.2, 0) is 17.6 Å². The fourth-order valence-electron chi connectivity index (χ4n) is 3.49. The van der Waals surface area contributed by atoms with Gasteiger partial charge in [-0.05, 0) is 57.1 Å². The third-order valence-corrected chi connectivity index (χ3v) is 4.92. The third-order valence-electron chi connectivity index (χ3n) is 4.92. The van der Waals surface area contributed by atoms with Crippen molar-refractivity contribution in [3.63, 3.8) is 0 Å². The van der Waals surface area contributed by atoms with Crippen molar-refractivity contribution >= 4 is 11.9 Å². The number of likely N-dealkylation sites (tertiary alicyclic amines) is 1. The van der Waals surface area contributed by atoms with E-state index in [-0.39, 0.29) is 5.56 Å². The van der Waals surface area contributed by atoms with Gasteiger partial charge in [-0.15, -0.1) is 0 Å². The number of amides is 1. The molecule has 1 aromatic rings. The number of carboxylic acid groups (broad SMARTS) is 1. The van der Waals surface area contributed by atoms with Crippen molar-refractivity contribution < 1.29 is 14.7 Å². The molecule has 6 heteroatoms. The normalized spacial score (nSPS) is 24.1. The van der Waals surface area contributed by atoms with Crippen LogP contribution in [0, 0.1) is 0 Å². The van der Waals surface area contributed by atoms with E-state index in [0.717, 1.165) is 36.9 Å². The molecule has 1 unspecified atom stereocenters. The molecule has 0 bridgehead atoms. The van der Waals surface area contributed by atoms with Crippen molar-refractivity contribution in [3.8, 4) is 0 Å². The number of aryl methyl sites for hydroxylation is 2. The zero-order chi connectivity index (χ0) is 15.9. The summed E-state index contributed by atoms with van der Waals surface area (Å²) in [4.78, 5) is 40.6. The highest BCUT2D eigenvalue weighted by atomic mass is 16.4. The largest absolute Gasteiger partial charge is 0.480 e. The number of aromatic amines is 1. The topological polar surface area (TPSA) is 90.5 Å². The van der Waals surface area contributed by atoms with Gasteiger partial charge in [0.25, 0.3) is 11.5 Å². The molecule has 1 aliphatic heterocycles. The molecule has 1 saturated heterocycles. The first-order valence-electron chi connectivity index (χ1n) is 7.74. The molecule has 1 aliphatic carbocycles. The number of carboxylic acids is 1. The summed E-state index contributed by atoms with van der Waals surface area (Å²) in [5.74, 6) is -1.50. The lowest BCUT2D eigenvalue weighted by molar-refractivity contribution is -0.147. The summed E-state index contributed by atoms with van der Waals surface area (Å²) in [6.45, 7) is 1.92. The van der Waals surface area contributed by atoms with Gasteiger partial charge in [-0.3, -0.25) is 9.59 Å². The molecule has 1 atom stereocenters.